The van der Waals surface area contributed by atoms with Crippen LogP contribution in [0, 0.1) is 0 Å². The van der Waals surface area contributed by atoms with Gasteiger partial charge in [0.05, 0.1) is 44.5 Å². The molecule has 9 heteroatoms. The number of aliphatic hydroxyl groups is 1. The van der Waals surface area contributed by atoms with Crippen molar-refractivity contribution < 1.29 is 19.4 Å². The molecule has 0 spiro atoms. The van der Waals surface area contributed by atoms with Crippen LogP contribution in [0.25, 0.3) is 0 Å². The van der Waals surface area contributed by atoms with E-state index in [9.17, 15) is 9.90 Å². The normalized spacial score (nSPS) is 10.8. The van der Waals surface area contributed by atoms with Gasteiger partial charge in [-0.05, 0) is 13.0 Å². The largest absolute Gasteiger partial charge is 0.496 e. The quantitative estimate of drug-likeness (QED) is 0.420. The van der Waals surface area contributed by atoms with Gasteiger partial charge in [-0.2, -0.15) is 0 Å². The smallest absolute Gasteiger partial charge is 0.357 e. The molecule has 2 heterocycles. The molecule has 0 unspecified atom stereocenters. The zero-order valence-corrected chi connectivity index (χ0v) is 17.3. The molecule has 2 aromatic heterocycles. The van der Waals surface area contributed by atoms with Crippen molar-refractivity contribution in [2.24, 2.45) is 0 Å². The number of thioether (sulfide) groups is 1. The molecular formula is C19H21N3O4S2. The zero-order valence-electron chi connectivity index (χ0n) is 15.6. The number of benzene rings is 1. The van der Waals surface area contributed by atoms with Crippen LogP contribution in [0.4, 0.5) is 0 Å². The van der Waals surface area contributed by atoms with Crippen LogP contribution in [0.3, 0.4) is 0 Å². The Kier molecular flexibility index (Phi) is 7.07. The summed E-state index contributed by atoms with van der Waals surface area (Å²) < 4.78 is 12.4. The lowest BCUT2D eigenvalue weighted by atomic mass is 10.2. The highest BCUT2D eigenvalue weighted by atomic mass is 32.2. The van der Waals surface area contributed by atoms with Gasteiger partial charge in [-0.25, -0.2) is 14.8 Å². The third-order valence-corrected chi connectivity index (χ3v) is 5.98. The fourth-order valence-electron chi connectivity index (χ4n) is 2.61. The first-order valence-corrected chi connectivity index (χ1v) is 10.5. The molecular weight excluding hydrogens is 398 g/mol. The van der Waals surface area contributed by atoms with Gasteiger partial charge in [0, 0.05) is 10.9 Å². The van der Waals surface area contributed by atoms with E-state index in [0.29, 0.717) is 24.6 Å². The maximum absolute atomic E-state index is 11.8. The van der Waals surface area contributed by atoms with Crippen molar-refractivity contribution in [2.45, 2.75) is 31.0 Å². The van der Waals surface area contributed by atoms with E-state index in [2.05, 4.69) is 9.97 Å². The highest BCUT2D eigenvalue weighted by molar-refractivity contribution is 7.98. The van der Waals surface area contributed by atoms with Gasteiger partial charge in [0.2, 0.25) is 0 Å². The van der Waals surface area contributed by atoms with Crippen molar-refractivity contribution in [3.05, 3.63) is 57.8 Å². The highest BCUT2D eigenvalue weighted by Gasteiger charge is 2.15. The van der Waals surface area contributed by atoms with E-state index in [1.54, 1.807) is 25.6 Å². The maximum Gasteiger partial charge on any atom is 0.357 e. The molecule has 1 aromatic carbocycles. The molecule has 0 saturated carbocycles. The van der Waals surface area contributed by atoms with Crippen LogP contribution < -0.4 is 4.74 Å². The highest BCUT2D eigenvalue weighted by Crippen LogP contribution is 2.27. The van der Waals surface area contributed by atoms with Crippen LogP contribution in [-0.4, -0.2) is 39.3 Å². The average Bonchev–Trinajstić information content (AvgIpc) is 3.34. The van der Waals surface area contributed by atoms with E-state index in [-0.39, 0.29) is 6.61 Å². The summed E-state index contributed by atoms with van der Waals surface area (Å²) >= 11 is 2.92. The summed E-state index contributed by atoms with van der Waals surface area (Å²) in [6.07, 6.45) is 1.67. The first-order valence-electron chi connectivity index (χ1n) is 8.67. The molecule has 0 aliphatic heterocycles. The molecule has 0 atom stereocenters. The van der Waals surface area contributed by atoms with Gasteiger partial charge in [0.15, 0.2) is 10.9 Å². The molecule has 0 aliphatic carbocycles. The summed E-state index contributed by atoms with van der Waals surface area (Å²) in [6, 6.07) is 7.76. The summed E-state index contributed by atoms with van der Waals surface area (Å²) in [7, 11) is 1.64. The van der Waals surface area contributed by atoms with Gasteiger partial charge < -0.3 is 19.1 Å². The Morgan fingerprint density at radius 3 is 2.93 bits per heavy atom. The Labute approximate surface area is 171 Å². The predicted molar refractivity (Wildman–Crippen MR) is 108 cm³/mol. The maximum atomic E-state index is 11.8. The van der Waals surface area contributed by atoms with E-state index < -0.39 is 5.97 Å². The Morgan fingerprint density at radius 2 is 2.18 bits per heavy atom. The van der Waals surface area contributed by atoms with E-state index >= 15 is 0 Å². The third kappa shape index (κ3) is 4.73. The van der Waals surface area contributed by atoms with Crippen LogP contribution in [0.2, 0.25) is 0 Å². The number of carbonyl (C=O) groups excluding carboxylic acids is 1. The van der Waals surface area contributed by atoms with Gasteiger partial charge >= 0.3 is 5.97 Å². The molecule has 0 fully saturated rings. The second kappa shape index (κ2) is 9.72. The molecule has 148 valence electrons. The number of aromatic nitrogens is 3. The number of nitrogens with zero attached hydrogens (tertiary/aromatic N) is 3. The fraction of sp³-hybridized carbons (Fsp3) is 0.316. The van der Waals surface area contributed by atoms with Crippen molar-refractivity contribution in [1.29, 1.82) is 0 Å². The van der Waals surface area contributed by atoms with Crippen LogP contribution in [0.15, 0.2) is 41.0 Å². The molecule has 7 nitrogen and oxygen atoms in total. The van der Waals surface area contributed by atoms with Crippen LogP contribution in [-0.2, 0) is 23.6 Å². The first kappa shape index (κ1) is 20.4. The Bertz CT molecular complexity index is 939. The van der Waals surface area contributed by atoms with Crippen molar-refractivity contribution >= 4 is 29.1 Å². The molecule has 0 amide bonds. The number of carbonyl (C=O) groups is 1. The monoisotopic (exact) mass is 419 g/mol. The topological polar surface area (TPSA) is 86.5 Å². The van der Waals surface area contributed by atoms with E-state index in [1.165, 1.54) is 23.1 Å². The molecule has 3 rings (SSSR count). The Hall–Kier alpha value is -2.36. The zero-order chi connectivity index (χ0) is 19.9. The molecule has 0 bridgehead atoms. The van der Waals surface area contributed by atoms with E-state index in [0.717, 1.165) is 27.2 Å². The predicted octanol–water partition coefficient (Wildman–Crippen LogP) is 3.36. The van der Waals surface area contributed by atoms with Crippen molar-refractivity contribution in [2.75, 3.05) is 13.7 Å². The van der Waals surface area contributed by atoms with Crippen molar-refractivity contribution in [1.82, 2.24) is 14.5 Å². The number of rotatable bonds is 9. The molecule has 28 heavy (non-hydrogen) atoms. The van der Waals surface area contributed by atoms with Crippen molar-refractivity contribution in [3.8, 4) is 5.75 Å². The number of thiazole rings is 1. The van der Waals surface area contributed by atoms with Crippen LogP contribution in [0.5, 0.6) is 5.75 Å². The summed E-state index contributed by atoms with van der Waals surface area (Å²) in [6.45, 7) is 2.52. The number of para-hydroxylation sites is 1. The number of hydrogen-bond donors (Lipinski definition) is 1. The number of esters is 1. The second-order valence-corrected chi connectivity index (χ2v) is 7.61. The van der Waals surface area contributed by atoms with E-state index in [1.807, 2.05) is 28.8 Å². The standard InChI is InChI=1S/C19H21N3O4S2/c1-3-26-18(24)15-11-27-17(21-15)12-28-19-20-8-14(10-23)22(19)9-13-6-4-5-7-16(13)25-2/h4-8,11,23H,3,9-10,12H2,1-2H3. The summed E-state index contributed by atoms with van der Waals surface area (Å²) in [4.78, 5) is 20.5. The Balaban J connectivity index is 1.75. The first-order chi connectivity index (χ1) is 13.7. The summed E-state index contributed by atoms with van der Waals surface area (Å²) in [5.41, 5.74) is 2.05. The van der Waals surface area contributed by atoms with Crippen molar-refractivity contribution in [3.63, 3.8) is 0 Å². The minimum atomic E-state index is -0.407. The summed E-state index contributed by atoms with van der Waals surface area (Å²) in [5, 5.41) is 13.0. The average molecular weight is 420 g/mol. The Morgan fingerprint density at radius 1 is 1.36 bits per heavy atom. The molecule has 0 saturated heterocycles. The molecule has 0 radical (unpaired) electrons. The van der Waals surface area contributed by atoms with Gasteiger partial charge in [-0.1, -0.05) is 30.0 Å². The van der Waals surface area contributed by atoms with Crippen LogP contribution in [0.1, 0.15) is 33.7 Å². The lowest BCUT2D eigenvalue weighted by Gasteiger charge is -2.13. The van der Waals surface area contributed by atoms with E-state index in [4.69, 9.17) is 9.47 Å². The molecule has 3 aromatic rings. The van der Waals surface area contributed by atoms with Gasteiger partial charge in [0.1, 0.15) is 10.8 Å². The number of hydrogen-bond acceptors (Lipinski definition) is 8. The summed E-state index contributed by atoms with van der Waals surface area (Å²) in [5.74, 6) is 0.947. The third-order valence-electron chi connectivity index (χ3n) is 3.95. The SMILES string of the molecule is CCOC(=O)c1csc(CSc2ncc(CO)n2Cc2ccccc2OC)n1. The molecule has 0 aliphatic rings. The minimum Gasteiger partial charge on any atom is -0.496 e. The minimum absolute atomic E-state index is 0.104. The number of aliphatic hydroxyl groups excluding tert-OH is 1. The van der Waals surface area contributed by atoms with Gasteiger partial charge in [-0.15, -0.1) is 11.3 Å². The number of imidazole rings is 1. The lowest BCUT2D eigenvalue weighted by molar-refractivity contribution is 0.0520. The van der Waals surface area contributed by atoms with Gasteiger partial charge in [-0.3, -0.25) is 0 Å². The second-order valence-electron chi connectivity index (χ2n) is 5.72. The molecule has 1 N–H and O–H groups in total. The van der Waals surface area contributed by atoms with Crippen LogP contribution >= 0.6 is 23.1 Å². The number of ether oxygens (including phenoxy) is 2. The van der Waals surface area contributed by atoms with Gasteiger partial charge in [0.25, 0.3) is 0 Å². The lowest BCUT2D eigenvalue weighted by Crippen LogP contribution is -2.07. The number of methoxy groups -OCH3 is 1. The fourth-order valence-corrected chi connectivity index (χ4v) is 4.39.